The number of nitrogens with zero attached hydrogens (tertiary/aromatic N) is 1. The van der Waals surface area contributed by atoms with Crippen LogP contribution in [0.25, 0.3) is 0 Å². The molecule has 0 saturated carbocycles. The second-order valence-electron chi connectivity index (χ2n) is 7.31. The molecule has 1 aromatic carbocycles. The predicted molar refractivity (Wildman–Crippen MR) is 110 cm³/mol. The van der Waals surface area contributed by atoms with Crippen molar-refractivity contribution < 1.29 is 18.0 Å². The zero-order valence-corrected chi connectivity index (χ0v) is 17.7. The van der Waals surface area contributed by atoms with E-state index in [1.165, 1.54) is 32.1 Å². The summed E-state index contributed by atoms with van der Waals surface area (Å²) >= 11 is 0. The summed E-state index contributed by atoms with van der Waals surface area (Å²) in [5, 5.41) is 10.7. The van der Waals surface area contributed by atoms with Gasteiger partial charge in [0.15, 0.2) is 0 Å². The third-order valence-corrected chi connectivity index (χ3v) is 5.84. The monoisotopic (exact) mass is 385 g/mol. The molecule has 0 aliphatic rings. The molecule has 0 amide bonds. The number of nitrogens with one attached hydrogen (secondary N) is 1. The smallest absolute Gasteiger partial charge is 0.229 e. The van der Waals surface area contributed by atoms with Crippen LogP contribution in [-0.4, -0.2) is 50.4 Å². The zero-order valence-electron chi connectivity index (χ0n) is 16.9. The lowest BCUT2D eigenvalue weighted by Crippen LogP contribution is -2.50. The van der Waals surface area contributed by atoms with Gasteiger partial charge in [-0.1, -0.05) is 38.3 Å². The van der Waals surface area contributed by atoms with E-state index in [0.717, 1.165) is 35.9 Å². The summed E-state index contributed by atoms with van der Waals surface area (Å²) in [6, 6.07) is 7.02. The van der Waals surface area contributed by atoms with Gasteiger partial charge in [-0.25, -0.2) is 8.42 Å². The van der Waals surface area contributed by atoms with E-state index in [-0.39, 0.29) is 0 Å². The number of aliphatic hydroxyl groups is 1. The second kappa shape index (κ2) is 10.9. The van der Waals surface area contributed by atoms with Crippen molar-refractivity contribution in [3.8, 4) is 0 Å². The molecular formula is C20H37N2O3S+. The molecule has 6 heteroatoms. The van der Waals surface area contributed by atoms with Crippen LogP contribution in [0.4, 0.5) is 5.69 Å². The van der Waals surface area contributed by atoms with Gasteiger partial charge in [0.1, 0.15) is 12.6 Å². The number of sulfonamides is 1. The van der Waals surface area contributed by atoms with E-state index in [4.69, 9.17) is 0 Å². The molecule has 1 unspecified atom stereocenters. The Morgan fingerprint density at radius 3 is 2.08 bits per heavy atom. The van der Waals surface area contributed by atoms with Crippen molar-refractivity contribution in [1.29, 1.82) is 0 Å². The van der Waals surface area contributed by atoms with Crippen molar-refractivity contribution in [1.82, 2.24) is 0 Å². The van der Waals surface area contributed by atoms with Crippen LogP contribution in [0.1, 0.15) is 64.5 Å². The SMILES string of the molecule is CCCCCCC[N+](CC)(CC)CC(O)c1ccc(NS(C)(=O)=O)cc1. The molecule has 0 fully saturated rings. The average molecular weight is 386 g/mol. The highest BCUT2D eigenvalue weighted by Gasteiger charge is 2.27. The van der Waals surface area contributed by atoms with Crippen molar-refractivity contribution in [2.75, 3.05) is 37.2 Å². The van der Waals surface area contributed by atoms with Crippen LogP contribution in [-0.2, 0) is 10.0 Å². The van der Waals surface area contributed by atoms with Gasteiger partial charge in [0, 0.05) is 5.69 Å². The Kier molecular flexibility index (Phi) is 9.61. The van der Waals surface area contributed by atoms with Gasteiger partial charge in [0.25, 0.3) is 0 Å². The average Bonchev–Trinajstić information content (AvgIpc) is 2.59. The summed E-state index contributed by atoms with van der Waals surface area (Å²) in [6.45, 7) is 10.4. The largest absolute Gasteiger partial charge is 0.382 e. The number of unbranched alkanes of at least 4 members (excludes halogenated alkanes) is 4. The van der Waals surface area contributed by atoms with Gasteiger partial charge in [0.2, 0.25) is 10.0 Å². The van der Waals surface area contributed by atoms with Gasteiger partial charge in [-0.3, -0.25) is 4.72 Å². The summed E-state index contributed by atoms with van der Waals surface area (Å²) in [5.41, 5.74) is 1.35. The fourth-order valence-electron chi connectivity index (χ4n) is 3.40. The van der Waals surface area contributed by atoms with Crippen molar-refractivity contribution >= 4 is 15.7 Å². The number of anilines is 1. The minimum Gasteiger partial charge on any atom is -0.382 e. The molecule has 0 radical (unpaired) electrons. The number of hydrogen-bond donors (Lipinski definition) is 2. The minimum absolute atomic E-state index is 0.520. The van der Waals surface area contributed by atoms with Crippen molar-refractivity contribution in [2.45, 2.75) is 59.0 Å². The number of likely N-dealkylation sites (N-methyl/N-ethyl adjacent to an activating group) is 1. The Morgan fingerprint density at radius 1 is 1.00 bits per heavy atom. The van der Waals surface area contributed by atoms with E-state index in [1.54, 1.807) is 24.3 Å². The molecule has 1 atom stereocenters. The van der Waals surface area contributed by atoms with Crippen LogP contribution in [0.2, 0.25) is 0 Å². The Labute approximate surface area is 160 Å². The third kappa shape index (κ3) is 8.06. The van der Waals surface area contributed by atoms with E-state index < -0.39 is 16.1 Å². The van der Waals surface area contributed by atoms with Gasteiger partial charge in [-0.15, -0.1) is 0 Å². The third-order valence-electron chi connectivity index (χ3n) is 5.24. The first kappa shape index (κ1) is 22.9. The fraction of sp³-hybridized carbons (Fsp3) is 0.700. The maximum absolute atomic E-state index is 11.3. The number of quaternary nitrogens is 1. The highest BCUT2D eigenvalue weighted by molar-refractivity contribution is 7.92. The second-order valence-corrected chi connectivity index (χ2v) is 9.05. The van der Waals surface area contributed by atoms with Crippen molar-refractivity contribution in [3.63, 3.8) is 0 Å². The van der Waals surface area contributed by atoms with Gasteiger partial charge in [-0.05, 0) is 44.4 Å². The lowest BCUT2D eigenvalue weighted by Gasteiger charge is -2.38. The van der Waals surface area contributed by atoms with E-state index in [1.807, 2.05) is 0 Å². The highest BCUT2D eigenvalue weighted by Crippen LogP contribution is 2.22. The number of benzene rings is 1. The van der Waals surface area contributed by atoms with Crippen LogP contribution < -0.4 is 4.72 Å². The number of hydrogen-bond acceptors (Lipinski definition) is 3. The number of aliphatic hydroxyl groups excluding tert-OH is 1. The highest BCUT2D eigenvalue weighted by atomic mass is 32.2. The first-order valence-electron chi connectivity index (χ1n) is 9.86. The predicted octanol–water partition coefficient (Wildman–Crippen LogP) is 3.92. The maximum Gasteiger partial charge on any atom is 0.229 e. The summed E-state index contributed by atoms with van der Waals surface area (Å²) in [7, 11) is -3.28. The molecule has 0 bridgehead atoms. The minimum atomic E-state index is -3.28. The molecular weight excluding hydrogens is 348 g/mol. The van der Waals surface area contributed by atoms with E-state index in [9.17, 15) is 13.5 Å². The van der Waals surface area contributed by atoms with E-state index in [0.29, 0.717) is 12.2 Å². The van der Waals surface area contributed by atoms with Crippen LogP contribution in [0.15, 0.2) is 24.3 Å². The summed E-state index contributed by atoms with van der Waals surface area (Å²) in [5.74, 6) is 0. The first-order chi connectivity index (χ1) is 12.2. The summed E-state index contributed by atoms with van der Waals surface area (Å²) < 4.78 is 25.9. The normalized spacial score (nSPS) is 13.6. The molecule has 0 spiro atoms. The topological polar surface area (TPSA) is 66.4 Å². The quantitative estimate of drug-likeness (QED) is 0.399. The Hall–Kier alpha value is -1.11. The molecule has 150 valence electrons. The van der Waals surface area contributed by atoms with Crippen molar-refractivity contribution in [2.24, 2.45) is 0 Å². The summed E-state index contributed by atoms with van der Waals surface area (Å²) in [6.07, 6.45) is 6.89. The lowest BCUT2D eigenvalue weighted by molar-refractivity contribution is -0.928. The first-order valence-corrected chi connectivity index (χ1v) is 11.7. The van der Waals surface area contributed by atoms with Crippen LogP contribution in [0.5, 0.6) is 0 Å². The van der Waals surface area contributed by atoms with Crippen LogP contribution in [0.3, 0.4) is 0 Å². The molecule has 26 heavy (non-hydrogen) atoms. The zero-order chi connectivity index (χ0) is 19.6. The molecule has 0 aliphatic heterocycles. The number of rotatable bonds is 13. The molecule has 5 nitrogen and oxygen atoms in total. The standard InChI is InChI=1S/C20H37N2O3S/c1-5-8-9-10-11-16-22(6-2,7-3)17-20(23)18-12-14-19(15-13-18)21-26(4,24)25/h12-15,20-21,23H,5-11,16-17H2,1-4H3/q+1. The summed E-state index contributed by atoms with van der Waals surface area (Å²) in [4.78, 5) is 0. The molecule has 0 aliphatic carbocycles. The maximum atomic E-state index is 11.3. The Balaban J connectivity index is 2.69. The molecule has 0 saturated heterocycles. The van der Waals surface area contributed by atoms with Gasteiger partial charge in [0.05, 0.1) is 25.9 Å². The Bertz CT molecular complexity index is 610. The van der Waals surface area contributed by atoms with E-state index >= 15 is 0 Å². The molecule has 1 aromatic rings. The lowest BCUT2D eigenvalue weighted by atomic mass is 10.1. The van der Waals surface area contributed by atoms with Gasteiger partial charge >= 0.3 is 0 Å². The molecule has 0 aromatic heterocycles. The van der Waals surface area contributed by atoms with Crippen LogP contribution in [0, 0.1) is 0 Å². The van der Waals surface area contributed by atoms with Gasteiger partial charge in [-0.2, -0.15) is 0 Å². The van der Waals surface area contributed by atoms with E-state index in [2.05, 4.69) is 25.5 Å². The fourth-order valence-corrected chi connectivity index (χ4v) is 3.96. The molecule has 2 N–H and O–H groups in total. The van der Waals surface area contributed by atoms with Crippen LogP contribution >= 0.6 is 0 Å². The Morgan fingerprint density at radius 2 is 1.58 bits per heavy atom. The van der Waals surface area contributed by atoms with Gasteiger partial charge < -0.3 is 9.59 Å². The molecule has 1 rings (SSSR count). The van der Waals surface area contributed by atoms with Crippen molar-refractivity contribution in [3.05, 3.63) is 29.8 Å². The molecule has 0 heterocycles.